The van der Waals surface area contributed by atoms with E-state index in [1.807, 2.05) is 28.8 Å². The summed E-state index contributed by atoms with van der Waals surface area (Å²) in [6, 6.07) is 9.90. The van der Waals surface area contributed by atoms with E-state index in [2.05, 4.69) is 26.1 Å². The summed E-state index contributed by atoms with van der Waals surface area (Å²) in [5.41, 5.74) is 5.15. The number of nitrogen functional groups attached to an aromatic ring is 1. The number of hydrazine groups is 1. The number of para-hydroxylation sites is 2. The lowest BCUT2D eigenvalue weighted by atomic mass is 10.3. The predicted molar refractivity (Wildman–Crippen MR) is 75.9 cm³/mol. The normalized spacial score (nSPS) is 10.6. The van der Waals surface area contributed by atoms with Gasteiger partial charge >= 0.3 is 0 Å². The van der Waals surface area contributed by atoms with Crippen molar-refractivity contribution in [2.24, 2.45) is 5.84 Å². The van der Waals surface area contributed by atoms with Gasteiger partial charge in [-0.05, 0) is 12.1 Å². The summed E-state index contributed by atoms with van der Waals surface area (Å²) in [5, 5.41) is 13.7. The minimum absolute atomic E-state index is 0.248. The third-order valence-electron chi connectivity index (χ3n) is 2.97. The molecule has 0 radical (unpaired) electrons. The summed E-state index contributed by atoms with van der Waals surface area (Å²) < 4.78 is 5.85. The van der Waals surface area contributed by atoms with Crippen LogP contribution in [0.15, 0.2) is 24.3 Å². The molecule has 3 rings (SSSR count). The zero-order valence-corrected chi connectivity index (χ0v) is 11.3. The molecule has 0 saturated carbocycles. The molecule has 0 spiro atoms. The predicted octanol–water partition coefficient (Wildman–Crippen LogP) is 1.29. The molecule has 0 aliphatic rings. The van der Waals surface area contributed by atoms with Crippen molar-refractivity contribution in [1.29, 1.82) is 5.26 Å². The molecular weight excluding hydrogens is 274 g/mol. The van der Waals surface area contributed by atoms with Crippen molar-refractivity contribution in [3.05, 3.63) is 35.8 Å². The Morgan fingerprint density at radius 1 is 1.40 bits per heavy atom. The fourth-order valence-electron chi connectivity index (χ4n) is 2.08. The van der Waals surface area contributed by atoms with Crippen LogP contribution in [-0.2, 0) is 13.0 Å². The topological polar surface area (TPSA) is 105 Å². The molecule has 0 saturated heterocycles. The molecule has 0 aliphatic carbocycles. The lowest BCUT2D eigenvalue weighted by molar-refractivity contribution is 0.747. The summed E-state index contributed by atoms with van der Waals surface area (Å²) in [4.78, 5) is 4.48. The van der Waals surface area contributed by atoms with Gasteiger partial charge in [-0.1, -0.05) is 16.6 Å². The highest BCUT2D eigenvalue weighted by Crippen LogP contribution is 2.22. The second kappa shape index (κ2) is 5.24. The average molecular weight is 285 g/mol. The number of nitrogens with two attached hydrogens (primary N) is 1. The number of hydrogen-bond acceptors (Lipinski definition) is 7. The number of fused-ring (bicyclic) bond motifs is 1. The maximum absolute atomic E-state index is 8.93. The van der Waals surface area contributed by atoms with Crippen LogP contribution in [0.1, 0.15) is 11.5 Å². The van der Waals surface area contributed by atoms with Crippen LogP contribution < -0.4 is 11.3 Å². The molecule has 7 nitrogen and oxygen atoms in total. The van der Waals surface area contributed by atoms with E-state index >= 15 is 0 Å². The average Bonchev–Trinajstić information content (AvgIpc) is 3.05. The summed E-state index contributed by atoms with van der Waals surface area (Å²) >= 11 is 1.20. The molecule has 0 bridgehead atoms. The molecular formula is C12H11N7S. The van der Waals surface area contributed by atoms with Gasteiger partial charge in [-0.15, -0.1) is 5.10 Å². The smallest absolute Gasteiger partial charge is 0.149 e. The number of aromatic nitrogens is 4. The molecule has 8 heteroatoms. The SMILES string of the molecule is N#CCc1nc2ccccc2n1Cc1nnsc1NN. The maximum atomic E-state index is 8.93. The Hall–Kier alpha value is -2.50. The molecule has 3 N–H and O–H groups in total. The van der Waals surface area contributed by atoms with Gasteiger partial charge in [0, 0.05) is 11.5 Å². The van der Waals surface area contributed by atoms with Crippen molar-refractivity contribution < 1.29 is 0 Å². The molecule has 0 unspecified atom stereocenters. The zero-order valence-electron chi connectivity index (χ0n) is 10.4. The van der Waals surface area contributed by atoms with Crippen molar-refractivity contribution in [3.8, 4) is 6.07 Å². The monoisotopic (exact) mass is 285 g/mol. The first-order valence-corrected chi connectivity index (χ1v) is 6.69. The Balaban J connectivity index is 2.09. The van der Waals surface area contributed by atoms with Gasteiger partial charge in [0.15, 0.2) is 0 Å². The quantitative estimate of drug-likeness (QED) is 0.552. The third-order valence-corrected chi connectivity index (χ3v) is 3.66. The first kappa shape index (κ1) is 12.5. The van der Waals surface area contributed by atoms with Crippen molar-refractivity contribution in [1.82, 2.24) is 19.1 Å². The molecule has 20 heavy (non-hydrogen) atoms. The zero-order chi connectivity index (χ0) is 13.9. The van der Waals surface area contributed by atoms with Gasteiger partial charge in [0.2, 0.25) is 0 Å². The molecule has 2 heterocycles. The largest absolute Gasteiger partial charge is 0.321 e. The summed E-state index contributed by atoms with van der Waals surface area (Å²) in [5.74, 6) is 6.15. The van der Waals surface area contributed by atoms with Crippen LogP contribution >= 0.6 is 11.5 Å². The summed E-state index contributed by atoms with van der Waals surface area (Å²) in [7, 11) is 0. The number of nitrogens with one attached hydrogen (secondary N) is 1. The number of nitrogens with zero attached hydrogens (tertiary/aromatic N) is 5. The van der Waals surface area contributed by atoms with Crippen molar-refractivity contribution in [3.63, 3.8) is 0 Å². The van der Waals surface area contributed by atoms with Gasteiger partial charge in [-0.25, -0.2) is 10.8 Å². The summed E-state index contributed by atoms with van der Waals surface area (Å²) in [6.45, 7) is 0.480. The Bertz CT molecular complexity index is 783. The second-order valence-corrected chi connectivity index (χ2v) is 4.88. The number of anilines is 1. The van der Waals surface area contributed by atoms with Crippen LogP contribution in [0.3, 0.4) is 0 Å². The van der Waals surface area contributed by atoms with Gasteiger partial charge < -0.3 is 9.99 Å². The van der Waals surface area contributed by atoms with E-state index in [9.17, 15) is 0 Å². The molecule has 0 aliphatic heterocycles. The third kappa shape index (κ3) is 2.09. The number of hydrogen-bond donors (Lipinski definition) is 2. The van der Waals surface area contributed by atoms with Gasteiger partial charge in [-0.3, -0.25) is 0 Å². The van der Waals surface area contributed by atoms with Crippen molar-refractivity contribution in [2.75, 3.05) is 5.43 Å². The Kier molecular flexibility index (Phi) is 3.28. The summed E-state index contributed by atoms with van der Waals surface area (Å²) in [6.07, 6.45) is 0.248. The highest BCUT2D eigenvalue weighted by molar-refractivity contribution is 7.10. The molecule has 0 fully saturated rings. The molecule has 1 aromatic carbocycles. The van der Waals surface area contributed by atoms with Gasteiger partial charge in [0.25, 0.3) is 0 Å². The number of benzene rings is 1. The van der Waals surface area contributed by atoms with E-state index < -0.39 is 0 Å². The number of imidazole rings is 1. The van der Waals surface area contributed by atoms with Crippen LogP contribution in [0.25, 0.3) is 11.0 Å². The first-order chi connectivity index (χ1) is 9.83. The van der Waals surface area contributed by atoms with E-state index in [0.29, 0.717) is 17.4 Å². The van der Waals surface area contributed by atoms with Gasteiger partial charge in [-0.2, -0.15) is 5.26 Å². The Labute approximate surface area is 118 Å². The fourth-order valence-corrected chi connectivity index (χ4v) is 2.56. The number of rotatable bonds is 4. The van der Waals surface area contributed by atoms with Crippen LogP contribution in [0.2, 0.25) is 0 Å². The Morgan fingerprint density at radius 3 is 3.05 bits per heavy atom. The number of nitriles is 1. The van der Waals surface area contributed by atoms with E-state index in [1.54, 1.807) is 0 Å². The van der Waals surface area contributed by atoms with Crippen LogP contribution in [0.5, 0.6) is 0 Å². The lowest BCUT2D eigenvalue weighted by Gasteiger charge is -2.06. The Morgan fingerprint density at radius 2 is 2.25 bits per heavy atom. The standard InChI is InChI=1S/C12H11N7S/c13-6-5-11-15-8-3-1-2-4-10(8)19(11)7-9-12(16-14)20-18-17-9/h1-4,16H,5,7,14H2. The first-order valence-electron chi connectivity index (χ1n) is 5.92. The van der Waals surface area contributed by atoms with E-state index in [-0.39, 0.29) is 6.42 Å². The van der Waals surface area contributed by atoms with Crippen LogP contribution in [0, 0.1) is 11.3 Å². The van der Waals surface area contributed by atoms with E-state index in [4.69, 9.17) is 11.1 Å². The van der Waals surface area contributed by atoms with Gasteiger partial charge in [0.05, 0.1) is 30.1 Å². The molecule has 3 aromatic rings. The molecule has 0 atom stereocenters. The minimum atomic E-state index is 0.248. The highest BCUT2D eigenvalue weighted by Gasteiger charge is 2.14. The maximum Gasteiger partial charge on any atom is 0.149 e. The minimum Gasteiger partial charge on any atom is -0.321 e. The van der Waals surface area contributed by atoms with Crippen LogP contribution in [0.4, 0.5) is 5.00 Å². The highest BCUT2D eigenvalue weighted by atomic mass is 32.1. The van der Waals surface area contributed by atoms with E-state index in [1.165, 1.54) is 11.5 Å². The molecule has 100 valence electrons. The molecule has 0 amide bonds. The van der Waals surface area contributed by atoms with Crippen molar-refractivity contribution >= 4 is 27.6 Å². The fraction of sp³-hybridized carbons (Fsp3) is 0.167. The van der Waals surface area contributed by atoms with Gasteiger partial charge in [0.1, 0.15) is 16.5 Å². The second-order valence-electron chi connectivity index (χ2n) is 4.13. The van der Waals surface area contributed by atoms with Crippen LogP contribution in [-0.4, -0.2) is 19.1 Å². The molecule has 2 aromatic heterocycles. The van der Waals surface area contributed by atoms with E-state index in [0.717, 1.165) is 16.7 Å². The van der Waals surface area contributed by atoms with Crippen molar-refractivity contribution in [2.45, 2.75) is 13.0 Å². The lowest BCUT2D eigenvalue weighted by Crippen LogP contribution is -2.11.